The molecule has 0 aromatic heterocycles. The zero-order chi connectivity index (χ0) is 19.8. The van der Waals surface area contributed by atoms with Crippen LogP contribution in [-0.4, -0.2) is 36.3 Å². The average Bonchev–Trinajstić information content (AvgIpc) is 2.63. The highest BCUT2D eigenvalue weighted by molar-refractivity contribution is 6.39. The molecule has 2 aromatic rings. The molecule has 27 heavy (non-hydrogen) atoms. The minimum Gasteiger partial charge on any atom is -0.325 e. The van der Waals surface area contributed by atoms with Crippen molar-refractivity contribution in [3.05, 3.63) is 57.5 Å². The van der Waals surface area contributed by atoms with Gasteiger partial charge in [0.1, 0.15) is 0 Å². The first-order valence-electron chi connectivity index (χ1n) is 8.41. The van der Waals surface area contributed by atoms with Crippen LogP contribution in [0.25, 0.3) is 0 Å². The van der Waals surface area contributed by atoms with Crippen molar-refractivity contribution in [2.75, 3.05) is 30.3 Å². The van der Waals surface area contributed by atoms with Gasteiger partial charge in [-0.3, -0.25) is 14.5 Å². The molecule has 0 aliphatic rings. The smallest absolute Gasteiger partial charge is 0.238 e. The Hall–Kier alpha value is -1.79. The van der Waals surface area contributed by atoms with Gasteiger partial charge in [-0.15, -0.1) is 0 Å². The van der Waals surface area contributed by atoms with E-state index in [0.717, 1.165) is 0 Å². The van der Waals surface area contributed by atoms with Gasteiger partial charge in [-0.25, -0.2) is 0 Å². The number of carbonyl (C=O) groups is 2. The highest BCUT2D eigenvalue weighted by Crippen LogP contribution is 2.29. The molecule has 2 rings (SSSR count). The third-order valence-corrected chi connectivity index (χ3v) is 4.80. The van der Waals surface area contributed by atoms with Crippen LogP contribution in [0.3, 0.4) is 0 Å². The van der Waals surface area contributed by atoms with Gasteiger partial charge in [-0.05, 0) is 30.8 Å². The summed E-state index contributed by atoms with van der Waals surface area (Å²) in [5.74, 6) is -0.422. The first-order chi connectivity index (χ1) is 12.9. The lowest BCUT2D eigenvalue weighted by Gasteiger charge is -2.20. The zero-order valence-electron chi connectivity index (χ0n) is 14.8. The summed E-state index contributed by atoms with van der Waals surface area (Å²) in [6.45, 7) is 3.08. The molecule has 0 atom stereocenters. The van der Waals surface area contributed by atoms with E-state index in [9.17, 15) is 9.59 Å². The van der Waals surface area contributed by atoms with Crippen LogP contribution in [0.5, 0.6) is 0 Å². The summed E-state index contributed by atoms with van der Waals surface area (Å²) >= 11 is 18.2. The summed E-state index contributed by atoms with van der Waals surface area (Å²) in [7, 11) is 0. The monoisotopic (exact) mass is 427 g/mol. The number of hydrogen-bond acceptors (Lipinski definition) is 3. The normalized spacial score (nSPS) is 10.7. The molecule has 8 heteroatoms. The van der Waals surface area contributed by atoms with Crippen molar-refractivity contribution < 1.29 is 9.59 Å². The predicted octanol–water partition coefficient (Wildman–Crippen LogP) is 4.94. The maximum Gasteiger partial charge on any atom is 0.238 e. The summed E-state index contributed by atoms with van der Waals surface area (Å²) in [6.07, 6.45) is 0.235. The van der Waals surface area contributed by atoms with Gasteiger partial charge in [0.2, 0.25) is 11.8 Å². The molecular weight excluding hydrogens is 409 g/mol. The van der Waals surface area contributed by atoms with Crippen molar-refractivity contribution in [3.8, 4) is 0 Å². The van der Waals surface area contributed by atoms with Gasteiger partial charge in [0.25, 0.3) is 0 Å². The van der Waals surface area contributed by atoms with E-state index >= 15 is 0 Å². The lowest BCUT2D eigenvalue weighted by molar-refractivity contribution is -0.119. The Balaban J connectivity index is 1.85. The maximum atomic E-state index is 12.3. The van der Waals surface area contributed by atoms with Crippen LogP contribution in [0.15, 0.2) is 42.5 Å². The Morgan fingerprint density at radius 2 is 1.52 bits per heavy atom. The van der Waals surface area contributed by atoms with Crippen LogP contribution < -0.4 is 10.6 Å². The molecule has 0 aliphatic carbocycles. The number of hydrogen-bond donors (Lipinski definition) is 2. The van der Waals surface area contributed by atoms with E-state index in [2.05, 4.69) is 10.6 Å². The fraction of sp³-hybridized carbons (Fsp3) is 0.263. The fourth-order valence-electron chi connectivity index (χ4n) is 2.38. The molecule has 0 saturated heterocycles. The number of para-hydroxylation sites is 2. The lowest BCUT2D eigenvalue weighted by Crippen LogP contribution is -2.35. The quantitative estimate of drug-likeness (QED) is 0.626. The molecule has 0 radical (unpaired) electrons. The van der Waals surface area contributed by atoms with Gasteiger partial charge < -0.3 is 10.6 Å². The van der Waals surface area contributed by atoms with Crippen LogP contribution in [0.4, 0.5) is 11.4 Å². The summed E-state index contributed by atoms with van der Waals surface area (Å²) in [4.78, 5) is 26.3. The van der Waals surface area contributed by atoms with Gasteiger partial charge >= 0.3 is 0 Å². The molecule has 0 aliphatic heterocycles. The molecular formula is C19H20Cl3N3O2. The summed E-state index contributed by atoms with van der Waals surface area (Å²) < 4.78 is 0. The van der Waals surface area contributed by atoms with Crippen molar-refractivity contribution in [2.45, 2.75) is 13.3 Å². The highest BCUT2D eigenvalue weighted by Gasteiger charge is 2.14. The summed E-state index contributed by atoms with van der Waals surface area (Å²) in [5, 5.41) is 6.71. The number of anilines is 2. The van der Waals surface area contributed by atoms with Gasteiger partial charge in [0, 0.05) is 13.0 Å². The Bertz CT molecular complexity index is 794. The molecule has 0 spiro atoms. The van der Waals surface area contributed by atoms with Crippen LogP contribution in [0.1, 0.15) is 13.3 Å². The Morgan fingerprint density at radius 1 is 0.889 bits per heavy atom. The number of likely N-dealkylation sites (N-methyl/N-ethyl adjacent to an activating group) is 1. The molecule has 144 valence electrons. The number of carbonyl (C=O) groups excluding carboxylic acids is 2. The van der Waals surface area contributed by atoms with Crippen molar-refractivity contribution in [1.29, 1.82) is 0 Å². The number of amides is 2. The number of nitrogens with zero attached hydrogens (tertiary/aromatic N) is 1. The third-order valence-electron chi connectivity index (χ3n) is 3.84. The second kappa shape index (κ2) is 10.5. The Kier molecular flexibility index (Phi) is 8.38. The topological polar surface area (TPSA) is 61.4 Å². The summed E-state index contributed by atoms with van der Waals surface area (Å²) in [6, 6.07) is 12.0. The standard InChI is InChI=1S/C19H20Cl3N3O2/c1-2-25(11-10-17(26)23-16-9-4-3-6-13(16)20)12-18(27)24-19-14(21)7-5-8-15(19)22/h3-9H,2,10-12H2,1H3,(H,23,26)(H,24,27). The highest BCUT2D eigenvalue weighted by atomic mass is 35.5. The molecule has 2 N–H and O–H groups in total. The second-order valence-corrected chi connectivity index (χ2v) is 7.01. The van der Waals surface area contributed by atoms with Crippen LogP contribution in [0, 0.1) is 0 Å². The average molecular weight is 429 g/mol. The largest absolute Gasteiger partial charge is 0.325 e. The SMILES string of the molecule is CCN(CCC(=O)Nc1ccccc1Cl)CC(=O)Nc1c(Cl)cccc1Cl. The second-order valence-electron chi connectivity index (χ2n) is 5.79. The maximum absolute atomic E-state index is 12.3. The van der Waals surface area contributed by atoms with Crippen LogP contribution in [0.2, 0.25) is 15.1 Å². The molecule has 0 fully saturated rings. The molecule has 5 nitrogen and oxygen atoms in total. The minimum absolute atomic E-state index is 0.122. The van der Waals surface area contributed by atoms with E-state index in [1.54, 1.807) is 42.5 Å². The first kappa shape index (κ1) is 21.5. The number of halogens is 3. The number of rotatable bonds is 8. The Morgan fingerprint density at radius 3 is 2.15 bits per heavy atom. The van der Waals surface area contributed by atoms with E-state index in [-0.39, 0.29) is 24.8 Å². The molecule has 0 heterocycles. The van der Waals surface area contributed by atoms with E-state index in [1.165, 1.54) is 0 Å². The van der Waals surface area contributed by atoms with Crippen molar-refractivity contribution in [3.63, 3.8) is 0 Å². The van der Waals surface area contributed by atoms with Gasteiger partial charge in [0.15, 0.2) is 0 Å². The lowest BCUT2D eigenvalue weighted by atomic mass is 10.3. The minimum atomic E-state index is -0.252. The predicted molar refractivity (Wildman–Crippen MR) is 112 cm³/mol. The van der Waals surface area contributed by atoms with E-state index in [0.29, 0.717) is 39.5 Å². The third kappa shape index (κ3) is 6.70. The molecule has 0 saturated carbocycles. The van der Waals surface area contributed by atoms with Crippen molar-refractivity contribution >= 4 is 58.0 Å². The summed E-state index contributed by atoms with van der Waals surface area (Å²) in [5.41, 5.74) is 0.955. The van der Waals surface area contributed by atoms with E-state index < -0.39 is 0 Å². The van der Waals surface area contributed by atoms with Crippen LogP contribution in [-0.2, 0) is 9.59 Å². The molecule has 0 unspecified atom stereocenters. The van der Waals surface area contributed by atoms with Crippen molar-refractivity contribution in [2.24, 2.45) is 0 Å². The Labute approximate surface area is 173 Å². The van der Waals surface area contributed by atoms with Crippen molar-refractivity contribution in [1.82, 2.24) is 4.90 Å². The zero-order valence-corrected chi connectivity index (χ0v) is 17.0. The molecule has 2 amide bonds. The molecule has 2 aromatic carbocycles. The van der Waals surface area contributed by atoms with Gasteiger partial charge in [-0.1, -0.05) is 59.9 Å². The molecule has 0 bridgehead atoms. The van der Waals surface area contributed by atoms with Gasteiger partial charge in [0.05, 0.1) is 33.0 Å². The van der Waals surface area contributed by atoms with Crippen LogP contribution >= 0.6 is 34.8 Å². The number of nitrogens with one attached hydrogen (secondary N) is 2. The first-order valence-corrected chi connectivity index (χ1v) is 9.54. The van der Waals surface area contributed by atoms with E-state index in [1.807, 2.05) is 11.8 Å². The fourth-order valence-corrected chi connectivity index (χ4v) is 3.06. The van der Waals surface area contributed by atoms with Gasteiger partial charge in [-0.2, -0.15) is 0 Å². The number of benzene rings is 2. The van der Waals surface area contributed by atoms with E-state index in [4.69, 9.17) is 34.8 Å².